The van der Waals surface area contributed by atoms with Crippen LogP contribution in [0.5, 0.6) is 0 Å². The van der Waals surface area contributed by atoms with Gasteiger partial charge in [-0.1, -0.05) is 0 Å². The molecule has 0 spiro atoms. The van der Waals surface area contributed by atoms with E-state index in [9.17, 15) is 9.59 Å². The monoisotopic (exact) mass is 257 g/mol. The van der Waals surface area contributed by atoms with Crippen LogP contribution in [0, 0.1) is 13.8 Å². The first-order valence-corrected chi connectivity index (χ1v) is 5.97. The van der Waals surface area contributed by atoms with E-state index in [4.69, 9.17) is 4.42 Å². The average molecular weight is 257 g/mol. The highest BCUT2D eigenvalue weighted by Crippen LogP contribution is 2.16. The maximum atomic E-state index is 11.9. The van der Waals surface area contributed by atoms with Crippen LogP contribution in [0.2, 0.25) is 0 Å². The molecule has 2 rings (SSSR count). The van der Waals surface area contributed by atoms with Crippen LogP contribution in [0.3, 0.4) is 0 Å². The van der Waals surface area contributed by atoms with Crippen molar-refractivity contribution in [3.05, 3.63) is 53.0 Å². The number of furan rings is 1. The molecule has 0 radical (unpaired) electrons. The number of hydrogen-bond acceptors (Lipinski definition) is 3. The number of carbonyl (C=O) groups is 2. The molecule has 0 aliphatic rings. The summed E-state index contributed by atoms with van der Waals surface area (Å²) in [5.41, 5.74) is 2.18. The molecule has 19 heavy (non-hydrogen) atoms. The lowest BCUT2D eigenvalue weighted by molar-refractivity contribution is 0.0993. The van der Waals surface area contributed by atoms with E-state index in [-0.39, 0.29) is 17.5 Å². The number of rotatable bonds is 3. The molecule has 4 heteroatoms. The summed E-state index contributed by atoms with van der Waals surface area (Å²) >= 11 is 0. The molecule has 0 saturated carbocycles. The largest absolute Gasteiger partial charge is 0.456 e. The van der Waals surface area contributed by atoms with Gasteiger partial charge in [-0.2, -0.15) is 0 Å². The Kier molecular flexibility index (Phi) is 3.51. The minimum Gasteiger partial charge on any atom is -0.456 e. The van der Waals surface area contributed by atoms with Gasteiger partial charge in [0.25, 0.3) is 5.91 Å². The van der Waals surface area contributed by atoms with E-state index >= 15 is 0 Å². The number of amides is 1. The minimum absolute atomic E-state index is 0.00448. The lowest BCUT2D eigenvalue weighted by atomic mass is 10.1. The number of aryl methyl sites for hydroxylation is 2. The highest BCUT2D eigenvalue weighted by atomic mass is 16.3. The molecule has 0 saturated heterocycles. The Labute approximate surface area is 111 Å². The van der Waals surface area contributed by atoms with Crippen molar-refractivity contribution >= 4 is 17.4 Å². The summed E-state index contributed by atoms with van der Waals surface area (Å²) in [5, 5.41) is 2.72. The predicted molar refractivity (Wildman–Crippen MR) is 72.6 cm³/mol. The zero-order valence-electron chi connectivity index (χ0n) is 11.1. The summed E-state index contributed by atoms with van der Waals surface area (Å²) in [7, 11) is 0. The molecular formula is C15H15NO3. The van der Waals surface area contributed by atoms with Gasteiger partial charge in [-0.15, -0.1) is 0 Å². The normalized spacial score (nSPS) is 10.3. The standard InChI is InChI=1S/C15H15NO3/c1-9-8-14(19-11(9)3)15(18)16-13-6-4-12(5-7-13)10(2)17/h4-8H,1-3H3,(H,16,18). The first kappa shape index (κ1) is 13.1. The van der Waals surface area contributed by atoms with E-state index in [1.807, 2.05) is 13.8 Å². The number of hydrogen-bond donors (Lipinski definition) is 1. The number of ketones is 1. The van der Waals surface area contributed by atoms with Gasteiger partial charge in [-0.05, 0) is 56.7 Å². The average Bonchev–Trinajstić information content (AvgIpc) is 2.70. The van der Waals surface area contributed by atoms with Gasteiger partial charge < -0.3 is 9.73 Å². The van der Waals surface area contributed by atoms with Crippen molar-refractivity contribution < 1.29 is 14.0 Å². The number of nitrogens with one attached hydrogen (secondary N) is 1. The zero-order valence-corrected chi connectivity index (χ0v) is 11.1. The van der Waals surface area contributed by atoms with Crippen molar-refractivity contribution in [1.29, 1.82) is 0 Å². The van der Waals surface area contributed by atoms with Gasteiger partial charge in [0.1, 0.15) is 5.76 Å². The van der Waals surface area contributed by atoms with Crippen LogP contribution < -0.4 is 5.32 Å². The topological polar surface area (TPSA) is 59.3 Å². The summed E-state index contributed by atoms with van der Waals surface area (Å²) in [4.78, 5) is 23.1. The van der Waals surface area contributed by atoms with Crippen LogP contribution in [0.1, 0.15) is 39.2 Å². The smallest absolute Gasteiger partial charge is 0.291 e. The fraction of sp³-hybridized carbons (Fsp3) is 0.200. The second-order valence-electron chi connectivity index (χ2n) is 4.44. The Balaban J connectivity index is 2.12. The molecule has 1 amide bonds. The maximum absolute atomic E-state index is 11.9. The van der Waals surface area contributed by atoms with Crippen molar-refractivity contribution in [2.24, 2.45) is 0 Å². The maximum Gasteiger partial charge on any atom is 0.291 e. The zero-order chi connectivity index (χ0) is 14.0. The van der Waals surface area contributed by atoms with Gasteiger partial charge in [0.2, 0.25) is 0 Å². The van der Waals surface area contributed by atoms with E-state index in [0.29, 0.717) is 11.3 Å². The number of carbonyl (C=O) groups excluding carboxylic acids is 2. The molecule has 1 heterocycles. The van der Waals surface area contributed by atoms with E-state index in [2.05, 4.69) is 5.32 Å². The van der Waals surface area contributed by atoms with Crippen molar-refractivity contribution in [2.75, 3.05) is 5.32 Å². The minimum atomic E-state index is -0.299. The van der Waals surface area contributed by atoms with Crippen molar-refractivity contribution in [3.8, 4) is 0 Å². The first-order valence-electron chi connectivity index (χ1n) is 5.97. The second-order valence-corrected chi connectivity index (χ2v) is 4.44. The third-order valence-corrected chi connectivity index (χ3v) is 2.94. The molecule has 0 aliphatic heterocycles. The van der Waals surface area contributed by atoms with Crippen molar-refractivity contribution in [1.82, 2.24) is 0 Å². The summed E-state index contributed by atoms with van der Waals surface area (Å²) < 4.78 is 5.34. The molecule has 0 bridgehead atoms. The van der Waals surface area contributed by atoms with Crippen LogP contribution in [0.25, 0.3) is 0 Å². The number of Topliss-reactive ketones (excluding diaryl/α,β-unsaturated/α-hetero) is 1. The first-order chi connectivity index (χ1) is 8.97. The summed E-state index contributed by atoms with van der Waals surface area (Å²) in [5.74, 6) is 0.713. The van der Waals surface area contributed by atoms with Crippen LogP contribution >= 0.6 is 0 Å². The van der Waals surface area contributed by atoms with E-state index in [0.717, 1.165) is 11.3 Å². The van der Waals surface area contributed by atoms with Crippen LogP contribution in [-0.2, 0) is 0 Å². The fourth-order valence-electron chi connectivity index (χ4n) is 1.67. The lowest BCUT2D eigenvalue weighted by Crippen LogP contribution is -2.10. The summed E-state index contributed by atoms with van der Waals surface area (Å²) in [6, 6.07) is 8.44. The SMILES string of the molecule is CC(=O)c1ccc(NC(=O)c2cc(C)c(C)o2)cc1. The fourth-order valence-corrected chi connectivity index (χ4v) is 1.67. The number of anilines is 1. The highest BCUT2D eigenvalue weighted by molar-refractivity contribution is 6.02. The van der Waals surface area contributed by atoms with E-state index in [1.165, 1.54) is 6.92 Å². The van der Waals surface area contributed by atoms with Crippen molar-refractivity contribution in [3.63, 3.8) is 0 Å². The Hall–Kier alpha value is -2.36. The Morgan fingerprint density at radius 2 is 1.74 bits per heavy atom. The van der Waals surface area contributed by atoms with Gasteiger partial charge in [-0.25, -0.2) is 0 Å². The second kappa shape index (κ2) is 5.10. The third kappa shape index (κ3) is 2.91. The Bertz CT molecular complexity index is 604. The molecule has 1 aromatic heterocycles. The molecule has 0 fully saturated rings. The molecule has 4 nitrogen and oxygen atoms in total. The molecule has 0 atom stereocenters. The quantitative estimate of drug-likeness (QED) is 0.858. The highest BCUT2D eigenvalue weighted by Gasteiger charge is 2.12. The molecule has 1 aromatic carbocycles. The van der Waals surface area contributed by atoms with Crippen molar-refractivity contribution in [2.45, 2.75) is 20.8 Å². The lowest BCUT2D eigenvalue weighted by Gasteiger charge is -2.03. The number of benzene rings is 1. The molecule has 2 aromatic rings. The molecular weight excluding hydrogens is 242 g/mol. The summed E-state index contributed by atoms with van der Waals surface area (Å²) in [6.45, 7) is 5.20. The third-order valence-electron chi connectivity index (χ3n) is 2.94. The van der Waals surface area contributed by atoms with Gasteiger partial charge in [0.15, 0.2) is 11.5 Å². The Morgan fingerprint density at radius 3 is 2.21 bits per heavy atom. The molecule has 1 N–H and O–H groups in total. The van der Waals surface area contributed by atoms with Crippen LogP contribution in [0.15, 0.2) is 34.7 Å². The van der Waals surface area contributed by atoms with Gasteiger partial charge in [0, 0.05) is 11.3 Å². The van der Waals surface area contributed by atoms with Gasteiger partial charge >= 0.3 is 0 Å². The summed E-state index contributed by atoms with van der Waals surface area (Å²) in [6.07, 6.45) is 0. The van der Waals surface area contributed by atoms with Gasteiger partial charge in [0.05, 0.1) is 0 Å². The van der Waals surface area contributed by atoms with E-state index < -0.39 is 0 Å². The Morgan fingerprint density at radius 1 is 1.11 bits per heavy atom. The molecule has 0 unspecified atom stereocenters. The van der Waals surface area contributed by atoms with E-state index in [1.54, 1.807) is 30.3 Å². The van der Waals surface area contributed by atoms with Gasteiger partial charge in [-0.3, -0.25) is 9.59 Å². The van der Waals surface area contributed by atoms with Crippen LogP contribution in [0.4, 0.5) is 5.69 Å². The van der Waals surface area contributed by atoms with Crippen LogP contribution in [-0.4, -0.2) is 11.7 Å². The predicted octanol–water partition coefficient (Wildman–Crippen LogP) is 3.35. The molecule has 98 valence electrons. The molecule has 0 aliphatic carbocycles.